The van der Waals surface area contributed by atoms with E-state index in [-0.39, 0.29) is 61.6 Å². The number of allylic oxidation sites excluding steroid dienone is 1. The fourth-order valence-corrected chi connectivity index (χ4v) is 6.06. The Hall–Kier alpha value is -2.92. The minimum absolute atomic E-state index is 0.0189. The van der Waals surface area contributed by atoms with Gasteiger partial charge >= 0.3 is 19.5 Å². The van der Waals surface area contributed by atoms with Gasteiger partial charge in [0.2, 0.25) is 0 Å². The number of alkyl halides is 6. The largest absolute Gasteiger partial charge is 0.497 e. The maximum atomic E-state index is 15.9. The van der Waals surface area contributed by atoms with Crippen LogP contribution >= 0.6 is 0 Å². The van der Waals surface area contributed by atoms with Crippen LogP contribution in [-0.4, -0.2) is 109 Å². The number of aliphatic hydroxyl groups is 1. The molecule has 1 aromatic carbocycles. The van der Waals surface area contributed by atoms with Crippen molar-refractivity contribution in [2.24, 2.45) is 10.4 Å². The van der Waals surface area contributed by atoms with Gasteiger partial charge in [-0.2, -0.15) is 26.3 Å². The van der Waals surface area contributed by atoms with Crippen LogP contribution in [0.15, 0.2) is 35.1 Å². The summed E-state index contributed by atoms with van der Waals surface area (Å²) in [6.07, 6.45) is -6.76. The highest BCUT2D eigenvalue weighted by molar-refractivity contribution is 6.62. The number of aliphatic imine (C=N–C) groups is 1. The number of aliphatic hydroxyl groups excluding tert-OH is 1. The van der Waals surface area contributed by atoms with E-state index in [1.54, 1.807) is 25.7 Å². The van der Waals surface area contributed by atoms with Gasteiger partial charge in [-0.05, 0) is 70.2 Å². The van der Waals surface area contributed by atoms with Crippen molar-refractivity contribution in [2.45, 2.75) is 91.1 Å². The van der Waals surface area contributed by atoms with Gasteiger partial charge in [0.15, 0.2) is 0 Å². The molecule has 2 fully saturated rings. The molecular weight excluding hydrogens is 684 g/mol. The first kappa shape index (κ1) is 40.8. The summed E-state index contributed by atoms with van der Waals surface area (Å²) in [6, 6.07) is 2.51. The van der Waals surface area contributed by atoms with Gasteiger partial charge in [-0.3, -0.25) is 9.89 Å². The maximum Gasteiger partial charge on any atom is 0.497 e. The lowest BCUT2D eigenvalue weighted by Crippen LogP contribution is -2.48. The number of nitrogens with zero attached hydrogens (tertiary/aromatic N) is 4. The van der Waals surface area contributed by atoms with E-state index < -0.39 is 61.1 Å². The van der Waals surface area contributed by atoms with Gasteiger partial charge < -0.3 is 28.6 Å². The third-order valence-corrected chi connectivity index (χ3v) is 9.86. The van der Waals surface area contributed by atoms with Gasteiger partial charge in [-0.15, -0.1) is 0 Å². The van der Waals surface area contributed by atoms with E-state index in [4.69, 9.17) is 14.0 Å². The van der Waals surface area contributed by atoms with Gasteiger partial charge in [0.05, 0.1) is 35.1 Å². The van der Waals surface area contributed by atoms with Crippen molar-refractivity contribution >= 4 is 35.8 Å². The molecule has 2 aliphatic rings. The smallest absolute Gasteiger partial charge is 0.399 e. The molecule has 2 aliphatic heterocycles. The normalized spacial score (nSPS) is 19.9. The monoisotopic (exact) mass is 732 g/mol. The predicted molar refractivity (Wildman–Crippen MR) is 184 cm³/mol. The third-order valence-electron chi connectivity index (χ3n) is 9.86. The fourth-order valence-electron chi connectivity index (χ4n) is 6.06. The zero-order valence-corrected chi connectivity index (χ0v) is 30.4. The quantitative estimate of drug-likeness (QED) is 0.156. The Labute approximate surface area is 295 Å². The number of methoxy groups -OCH3 is 1. The number of fused-ring (bicyclic) bond motifs is 1. The van der Waals surface area contributed by atoms with Gasteiger partial charge in [-0.25, -0.2) is 4.39 Å². The van der Waals surface area contributed by atoms with E-state index in [1.165, 1.54) is 30.4 Å². The standard InChI is InChI=1S/C35H48BF7N4O4/c1-22(46-12-10-45(11-13-46)19-34(38,39)40)18-44-28(23(2)49-9)16-30-25(17-31(3,4)21-48)24-14-26(36-50-32(5,6)33(7,8)51-36)27(37)15-29(24)47(30)20-35(41,42)43/h14-16,18,23,48H,1,10-13,17,19-21H2,2-9H3/b28-16+,44-18-/t23-/m0/s1. The molecule has 1 N–H and O–H groups in total. The Kier molecular flexibility index (Phi) is 11.9. The molecule has 0 saturated carbocycles. The fraction of sp³-hybridized carbons (Fsp3) is 0.629. The topological polar surface area (TPSA) is 71.7 Å². The Morgan fingerprint density at radius 2 is 1.59 bits per heavy atom. The maximum absolute atomic E-state index is 15.9. The molecule has 2 aromatic rings. The summed E-state index contributed by atoms with van der Waals surface area (Å²) in [4.78, 5) is 7.64. The highest BCUT2D eigenvalue weighted by Crippen LogP contribution is 2.39. The summed E-state index contributed by atoms with van der Waals surface area (Å²) in [6.45, 7) is 14.6. The van der Waals surface area contributed by atoms with Crippen LogP contribution in [-0.2, 0) is 27.0 Å². The summed E-state index contributed by atoms with van der Waals surface area (Å²) >= 11 is 0. The lowest BCUT2D eigenvalue weighted by atomic mass is 9.77. The van der Waals surface area contributed by atoms with Gasteiger partial charge in [0, 0.05) is 68.4 Å². The second-order valence-electron chi connectivity index (χ2n) is 15.1. The van der Waals surface area contributed by atoms with E-state index in [9.17, 15) is 31.4 Å². The molecule has 3 heterocycles. The van der Waals surface area contributed by atoms with Crippen LogP contribution in [0.3, 0.4) is 0 Å². The zero-order chi connectivity index (χ0) is 38.3. The number of hydrogen-bond acceptors (Lipinski definition) is 7. The number of rotatable bonds is 12. The molecule has 8 nitrogen and oxygen atoms in total. The molecule has 0 radical (unpaired) electrons. The van der Waals surface area contributed by atoms with Crippen molar-refractivity contribution in [3.63, 3.8) is 0 Å². The summed E-state index contributed by atoms with van der Waals surface area (Å²) in [5.41, 5.74) is -1.26. The first-order valence-electron chi connectivity index (χ1n) is 16.8. The molecule has 284 valence electrons. The lowest BCUT2D eigenvalue weighted by molar-refractivity contribution is -0.148. The lowest BCUT2D eigenvalue weighted by Gasteiger charge is -2.36. The van der Waals surface area contributed by atoms with Crippen molar-refractivity contribution in [3.05, 3.63) is 47.2 Å². The average Bonchev–Trinajstić information content (AvgIpc) is 3.38. The van der Waals surface area contributed by atoms with Crippen LogP contribution < -0.4 is 5.46 Å². The summed E-state index contributed by atoms with van der Waals surface area (Å²) in [7, 11) is 0.286. The van der Waals surface area contributed by atoms with E-state index >= 15 is 4.39 Å². The van der Waals surface area contributed by atoms with E-state index in [0.29, 0.717) is 16.6 Å². The second kappa shape index (κ2) is 14.8. The van der Waals surface area contributed by atoms with Crippen molar-refractivity contribution in [1.82, 2.24) is 14.4 Å². The molecule has 0 unspecified atom stereocenters. The van der Waals surface area contributed by atoms with Crippen LogP contribution in [0.4, 0.5) is 30.7 Å². The molecule has 4 rings (SSSR count). The van der Waals surface area contributed by atoms with Crippen LogP contribution in [0.5, 0.6) is 0 Å². The van der Waals surface area contributed by atoms with Crippen molar-refractivity contribution in [2.75, 3.05) is 46.4 Å². The minimum atomic E-state index is -4.70. The highest BCUT2D eigenvalue weighted by atomic mass is 19.4. The number of piperazine rings is 1. The Morgan fingerprint density at radius 3 is 2.10 bits per heavy atom. The number of ether oxygens (including phenoxy) is 1. The predicted octanol–water partition coefficient (Wildman–Crippen LogP) is 6.34. The Balaban J connectivity index is 1.85. The van der Waals surface area contributed by atoms with Gasteiger partial charge in [0.25, 0.3) is 0 Å². The summed E-state index contributed by atoms with van der Waals surface area (Å²) < 4.78 is 116. The van der Waals surface area contributed by atoms with Gasteiger partial charge in [-0.1, -0.05) is 20.4 Å². The molecule has 2 saturated heterocycles. The molecule has 0 bridgehead atoms. The first-order valence-corrected chi connectivity index (χ1v) is 16.8. The van der Waals surface area contributed by atoms with Crippen molar-refractivity contribution in [3.8, 4) is 0 Å². The molecule has 1 aromatic heterocycles. The van der Waals surface area contributed by atoms with Crippen LogP contribution in [0.2, 0.25) is 0 Å². The molecule has 51 heavy (non-hydrogen) atoms. The second-order valence-corrected chi connectivity index (χ2v) is 15.1. The molecular formula is C35H48BF7N4O4. The van der Waals surface area contributed by atoms with Crippen molar-refractivity contribution in [1.29, 1.82) is 0 Å². The number of halogens is 7. The molecule has 0 spiro atoms. The van der Waals surface area contributed by atoms with E-state index in [1.807, 2.05) is 27.7 Å². The molecule has 1 atom stereocenters. The SMILES string of the molecule is C=C(/C=N\C(=C\c1c(CC(C)(C)CO)c2cc(B3OC(C)(C)C(C)(C)O3)c(F)cc2n1CC(F)(F)F)[C@H](C)OC)N1CCN(CC(F)(F)F)CC1. The van der Waals surface area contributed by atoms with Crippen LogP contribution in [0, 0.1) is 11.2 Å². The van der Waals surface area contributed by atoms with Crippen molar-refractivity contribution < 1.29 is 49.9 Å². The van der Waals surface area contributed by atoms with Crippen LogP contribution in [0.1, 0.15) is 59.7 Å². The zero-order valence-electron chi connectivity index (χ0n) is 30.4. The average molecular weight is 733 g/mol. The molecule has 16 heteroatoms. The van der Waals surface area contributed by atoms with E-state index in [0.717, 1.165) is 10.6 Å². The number of aromatic nitrogens is 1. The third kappa shape index (κ3) is 9.75. The first-order chi connectivity index (χ1) is 23.4. The Bertz CT molecular complexity index is 1630. The minimum Gasteiger partial charge on any atom is -0.399 e. The summed E-state index contributed by atoms with van der Waals surface area (Å²) in [5.74, 6) is -0.805. The molecule has 0 aliphatic carbocycles. The number of benzene rings is 1. The number of hydrogen-bond donors (Lipinski definition) is 1. The Morgan fingerprint density at radius 1 is 1.02 bits per heavy atom. The van der Waals surface area contributed by atoms with E-state index in [2.05, 4.69) is 11.6 Å². The van der Waals surface area contributed by atoms with Gasteiger partial charge in [0.1, 0.15) is 12.4 Å². The summed E-state index contributed by atoms with van der Waals surface area (Å²) in [5, 5.41) is 10.6. The molecule has 0 amide bonds. The van der Waals surface area contributed by atoms with Crippen LogP contribution in [0.25, 0.3) is 17.0 Å². The highest BCUT2D eigenvalue weighted by Gasteiger charge is 2.52.